The zero-order chi connectivity index (χ0) is 12.4. The molecule has 2 heterocycles. The first kappa shape index (κ1) is 11.6. The van der Waals surface area contributed by atoms with E-state index in [1.165, 1.54) is 4.90 Å². The number of carbonyl (C=O) groups is 2. The summed E-state index contributed by atoms with van der Waals surface area (Å²) in [4.78, 5) is 24.4. The van der Waals surface area contributed by atoms with Crippen molar-refractivity contribution in [1.29, 1.82) is 0 Å². The number of amides is 1. The van der Waals surface area contributed by atoms with Gasteiger partial charge in [-0.25, -0.2) is 0 Å². The number of carboxylic acid groups (broad SMARTS) is 1. The highest BCUT2D eigenvalue weighted by Crippen LogP contribution is 2.18. The van der Waals surface area contributed by atoms with Crippen molar-refractivity contribution in [2.24, 2.45) is 5.92 Å². The number of aromatic nitrogens is 1. The molecule has 0 spiro atoms. The molecule has 1 atom stereocenters. The lowest BCUT2D eigenvalue weighted by Gasteiger charge is -2.29. The first-order valence-electron chi connectivity index (χ1n) is 5.53. The van der Waals surface area contributed by atoms with E-state index in [9.17, 15) is 9.59 Å². The lowest BCUT2D eigenvalue weighted by Crippen LogP contribution is -2.42. The summed E-state index contributed by atoms with van der Waals surface area (Å²) < 4.78 is 4.84. The van der Waals surface area contributed by atoms with Crippen molar-refractivity contribution in [3.05, 3.63) is 17.5 Å². The summed E-state index contributed by atoms with van der Waals surface area (Å²) in [5.74, 6) is -1.01. The van der Waals surface area contributed by atoms with Gasteiger partial charge in [-0.15, -0.1) is 0 Å². The monoisotopic (exact) mass is 238 g/mol. The van der Waals surface area contributed by atoms with Gasteiger partial charge in [0.2, 0.25) is 0 Å². The maximum Gasteiger partial charge on any atom is 0.308 e. The molecule has 0 radical (unpaired) electrons. The summed E-state index contributed by atoms with van der Waals surface area (Å²) in [6.45, 7) is 2.54. The van der Waals surface area contributed by atoms with E-state index >= 15 is 0 Å². The van der Waals surface area contributed by atoms with Crippen LogP contribution in [-0.2, 0) is 4.79 Å². The Morgan fingerprint density at radius 1 is 1.59 bits per heavy atom. The van der Waals surface area contributed by atoms with Crippen molar-refractivity contribution in [3.8, 4) is 0 Å². The molecule has 1 aromatic rings. The van der Waals surface area contributed by atoms with Crippen LogP contribution in [0.4, 0.5) is 0 Å². The van der Waals surface area contributed by atoms with E-state index in [-0.39, 0.29) is 18.1 Å². The average molecular weight is 238 g/mol. The Bertz CT molecular complexity index is 440. The SMILES string of the molecule is Cc1cc(C(=O)N2CCC[C@@H](C(=O)O)C2)no1. The lowest BCUT2D eigenvalue weighted by atomic mass is 9.98. The zero-order valence-electron chi connectivity index (χ0n) is 9.55. The first-order valence-corrected chi connectivity index (χ1v) is 5.53. The van der Waals surface area contributed by atoms with Crippen LogP contribution >= 0.6 is 0 Å². The van der Waals surface area contributed by atoms with E-state index in [1.807, 2.05) is 0 Å². The fourth-order valence-corrected chi connectivity index (χ4v) is 1.99. The Balaban J connectivity index is 2.07. The fraction of sp³-hybridized carbons (Fsp3) is 0.545. The molecule has 2 rings (SSSR count). The largest absolute Gasteiger partial charge is 0.481 e. The summed E-state index contributed by atoms with van der Waals surface area (Å²) in [5.41, 5.74) is 0.244. The Kier molecular flexibility index (Phi) is 3.12. The Morgan fingerprint density at radius 3 is 2.94 bits per heavy atom. The third kappa shape index (κ3) is 2.46. The Hall–Kier alpha value is -1.85. The first-order chi connectivity index (χ1) is 8.08. The number of aryl methyl sites for hydroxylation is 1. The minimum absolute atomic E-state index is 0.244. The number of nitrogens with zero attached hydrogens (tertiary/aromatic N) is 2. The van der Waals surface area contributed by atoms with Crippen LogP contribution < -0.4 is 0 Å². The lowest BCUT2D eigenvalue weighted by molar-refractivity contribution is -0.143. The van der Waals surface area contributed by atoms with Crippen molar-refractivity contribution >= 4 is 11.9 Å². The van der Waals surface area contributed by atoms with Gasteiger partial charge in [-0.05, 0) is 19.8 Å². The summed E-state index contributed by atoms with van der Waals surface area (Å²) >= 11 is 0. The molecule has 0 bridgehead atoms. The number of aliphatic carboxylic acids is 1. The van der Waals surface area contributed by atoms with Gasteiger partial charge in [0.05, 0.1) is 5.92 Å². The molecule has 1 aromatic heterocycles. The highest BCUT2D eigenvalue weighted by Gasteiger charge is 2.29. The Labute approximate surface area is 98.2 Å². The van der Waals surface area contributed by atoms with Gasteiger partial charge in [0.1, 0.15) is 5.76 Å². The summed E-state index contributed by atoms with van der Waals surface area (Å²) in [6, 6.07) is 1.56. The van der Waals surface area contributed by atoms with Crippen LogP contribution in [0.15, 0.2) is 10.6 Å². The minimum Gasteiger partial charge on any atom is -0.481 e. The van der Waals surface area contributed by atoms with Crippen LogP contribution in [0.3, 0.4) is 0 Å². The second kappa shape index (κ2) is 4.57. The molecule has 17 heavy (non-hydrogen) atoms. The van der Waals surface area contributed by atoms with Gasteiger partial charge in [0.25, 0.3) is 5.91 Å². The van der Waals surface area contributed by atoms with Crippen molar-refractivity contribution in [2.45, 2.75) is 19.8 Å². The molecule has 1 N–H and O–H groups in total. The van der Waals surface area contributed by atoms with Gasteiger partial charge >= 0.3 is 5.97 Å². The quantitative estimate of drug-likeness (QED) is 0.828. The topological polar surface area (TPSA) is 83.6 Å². The molecule has 1 amide bonds. The normalized spacial score (nSPS) is 20.3. The molecule has 0 aromatic carbocycles. The zero-order valence-corrected chi connectivity index (χ0v) is 9.55. The summed E-state index contributed by atoms with van der Waals surface area (Å²) in [6.07, 6.45) is 1.33. The van der Waals surface area contributed by atoms with Crippen LogP contribution in [-0.4, -0.2) is 40.1 Å². The highest BCUT2D eigenvalue weighted by molar-refractivity contribution is 5.92. The van der Waals surface area contributed by atoms with Crippen LogP contribution in [0.5, 0.6) is 0 Å². The predicted molar refractivity (Wildman–Crippen MR) is 57.5 cm³/mol. The molecule has 6 heteroatoms. The summed E-state index contributed by atoms with van der Waals surface area (Å²) in [5, 5.41) is 12.6. The number of likely N-dealkylation sites (tertiary alicyclic amines) is 1. The predicted octanol–water partition coefficient (Wildman–Crippen LogP) is 0.920. The second-order valence-corrected chi connectivity index (χ2v) is 4.25. The molecule has 92 valence electrons. The fourth-order valence-electron chi connectivity index (χ4n) is 1.99. The molecule has 1 fully saturated rings. The van der Waals surface area contributed by atoms with E-state index in [0.717, 1.165) is 0 Å². The van der Waals surface area contributed by atoms with Gasteiger partial charge in [-0.1, -0.05) is 5.16 Å². The third-order valence-corrected chi connectivity index (χ3v) is 2.90. The van der Waals surface area contributed by atoms with Crippen LogP contribution in [0.1, 0.15) is 29.1 Å². The maximum absolute atomic E-state index is 12.0. The molecule has 0 saturated carbocycles. The highest BCUT2D eigenvalue weighted by atomic mass is 16.5. The van der Waals surface area contributed by atoms with E-state index in [0.29, 0.717) is 25.1 Å². The molecular formula is C11H14N2O4. The second-order valence-electron chi connectivity index (χ2n) is 4.25. The summed E-state index contributed by atoms with van der Waals surface area (Å²) in [7, 11) is 0. The van der Waals surface area contributed by atoms with Crippen LogP contribution in [0.2, 0.25) is 0 Å². The van der Waals surface area contributed by atoms with Crippen LogP contribution in [0.25, 0.3) is 0 Å². The Morgan fingerprint density at radius 2 is 2.35 bits per heavy atom. The smallest absolute Gasteiger partial charge is 0.308 e. The van der Waals surface area contributed by atoms with Crippen molar-refractivity contribution in [2.75, 3.05) is 13.1 Å². The van der Waals surface area contributed by atoms with Crippen molar-refractivity contribution in [3.63, 3.8) is 0 Å². The van der Waals surface area contributed by atoms with E-state index in [2.05, 4.69) is 5.16 Å². The van der Waals surface area contributed by atoms with Crippen molar-refractivity contribution in [1.82, 2.24) is 10.1 Å². The molecule has 1 saturated heterocycles. The van der Waals surface area contributed by atoms with E-state index in [1.54, 1.807) is 13.0 Å². The average Bonchev–Trinajstić information content (AvgIpc) is 2.75. The molecule has 0 aliphatic carbocycles. The molecule has 1 aliphatic heterocycles. The number of piperidine rings is 1. The van der Waals surface area contributed by atoms with E-state index in [4.69, 9.17) is 9.63 Å². The number of hydrogen-bond acceptors (Lipinski definition) is 4. The van der Waals surface area contributed by atoms with Crippen molar-refractivity contribution < 1.29 is 19.2 Å². The number of carboxylic acids is 1. The van der Waals surface area contributed by atoms with Gasteiger partial charge in [0.15, 0.2) is 5.69 Å². The van der Waals surface area contributed by atoms with Crippen LogP contribution in [0, 0.1) is 12.8 Å². The number of hydrogen-bond donors (Lipinski definition) is 1. The molecule has 6 nitrogen and oxygen atoms in total. The molecular weight excluding hydrogens is 224 g/mol. The standard InChI is InChI=1S/C11H14N2O4/c1-7-5-9(12-17-7)10(14)13-4-2-3-8(6-13)11(15)16/h5,8H,2-4,6H2,1H3,(H,15,16)/t8-/m1/s1. The number of carbonyl (C=O) groups excluding carboxylic acids is 1. The van der Waals surface area contributed by atoms with Gasteiger partial charge in [0, 0.05) is 19.2 Å². The molecule has 0 unspecified atom stereocenters. The van der Waals surface area contributed by atoms with Gasteiger partial charge in [-0.2, -0.15) is 0 Å². The van der Waals surface area contributed by atoms with E-state index < -0.39 is 11.9 Å². The number of rotatable bonds is 2. The minimum atomic E-state index is -0.848. The van der Waals surface area contributed by atoms with Gasteiger partial charge in [-0.3, -0.25) is 9.59 Å². The van der Waals surface area contributed by atoms with Gasteiger partial charge < -0.3 is 14.5 Å². The molecule has 1 aliphatic rings. The third-order valence-electron chi connectivity index (χ3n) is 2.90. The maximum atomic E-state index is 12.0.